The van der Waals surface area contributed by atoms with Gasteiger partial charge in [0.2, 0.25) is 10.0 Å². The highest BCUT2D eigenvalue weighted by atomic mass is 127. The minimum Gasteiger partial charge on any atom is -0.267 e. The lowest BCUT2D eigenvalue weighted by atomic mass is 10.1. The number of amides is 1. The summed E-state index contributed by atoms with van der Waals surface area (Å²) in [7, 11) is -3.51. The zero-order valence-electron chi connectivity index (χ0n) is 18.0. The van der Waals surface area contributed by atoms with Crippen LogP contribution in [-0.4, -0.2) is 26.3 Å². The molecule has 0 bridgehead atoms. The fourth-order valence-corrected chi connectivity index (χ4v) is 4.31. The highest BCUT2D eigenvalue weighted by Gasteiger charge is 2.19. The van der Waals surface area contributed by atoms with Crippen LogP contribution in [0.5, 0.6) is 0 Å². The van der Waals surface area contributed by atoms with Crippen molar-refractivity contribution in [3.8, 4) is 0 Å². The Balaban J connectivity index is 1.76. The van der Waals surface area contributed by atoms with Crippen molar-refractivity contribution < 1.29 is 13.2 Å². The van der Waals surface area contributed by atoms with E-state index in [-0.39, 0.29) is 12.5 Å². The van der Waals surface area contributed by atoms with E-state index in [0.717, 1.165) is 20.3 Å². The first-order valence-corrected chi connectivity index (χ1v) is 12.8. The molecule has 1 N–H and O–H groups in total. The van der Waals surface area contributed by atoms with Crippen LogP contribution >= 0.6 is 22.6 Å². The molecule has 3 rings (SSSR count). The number of aryl methyl sites for hydroxylation is 1. The van der Waals surface area contributed by atoms with Gasteiger partial charge in [-0.15, -0.1) is 0 Å². The molecule has 0 atom stereocenters. The van der Waals surface area contributed by atoms with Crippen LogP contribution in [0.15, 0.2) is 77.9 Å². The number of nitrogens with one attached hydrogen (secondary N) is 1. The third kappa shape index (κ3) is 6.17. The van der Waals surface area contributed by atoms with E-state index in [2.05, 4.69) is 33.1 Å². The number of sulfonamides is 1. The van der Waals surface area contributed by atoms with Crippen molar-refractivity contribution in [2.45, 2.75) is 20.4 Å². The molecule has 0 heterocycles. The molecule has 166 valence electrons. The molecule has 0 unspecified atom stereocenters. The van der Waals surface area contributed by atoms with Crippen molar-refractivity contribution in [1.29, 1.82) is 0 Å². The minimum absolute atomic E-state index is 0.219. The molecule has 0 aliphatic heterocycles. The van der Waals surface area contributed by atoms with E-state index in [1.165, 1.54) is 10.6 Å². The Morgan fingerprint density at radius 3 is 2.16 bits per heavy atom. The van der Waals surface area contributed by atoms with Gasteiger partial charge >= 0.3 is 0 Å². The summed E-state index contributed by atoms with van der Waals surface area (Å²) in [6.45, 7) is 3.99. The molecule has 0 spiro atoms. The molecular weight excluding hydrogens is 537 g/mol. The van der Waals surface area contributed by atoms with Crippen LogP contribution in [0.2, 0.25) is 0 Å². The smallest absolute Gasteiger partial charge is 0.267 e. The van der Waals surface area contributed by atoms with Gasteiger partial charge in [0.1, 0.15) is 0 Å². The fourth-order valence-electron chi connectivity index (χ4n) is 3.08. The zero-order chi connectivity index (χ0) is 23.3. The highest BCUT2D eigenvalue weighted by Crippen LogP contribution is 2.22. The summed E-state index contributed by atoms with van der Waals surface area (Å²) in [5.41, 5.74) is 6.97. The Labute approximate surface area is 202 Å². The molecular formula is C24H24IN3O3S. The van der Waals surface area contributed by atoms with E-state index in [9.17, 15) is 13.2 Å². The summed E-state index contributed by atoms with van der Waals surface area (Å²) in [6.07, 6.45) is 1.17. The number of carbonyl (C=O) groups excluding carboxylic acids is 1. The molecule has 32 heavy (non-hydrogen) atoms. The molecule has 0 fully saturated rings. The number of hydrogen-bond acceptors (Lipinski definition) is 4. The van der Waals surface area contributed by atoms with Crippen molar-refractivity contribution in [3.05, 3.63) is 98.6 Å². The van der Waals surface area contributed by atoms with E-state index in [1.54, 1.807) is 24.3 Å². The third-order valence-corrected chi connectivity index (χ3v) is 6.84. The maximum Gasteiger partial charge on any atom is 0.271 e. The summed E-state index contributed by atoms with van der Waals surface area (Å²) in [4.78, 5) is 12.5. The van der Waals surface area contributed by atoms with Crippen LogP contribution in [0.1, 0.15) is 34.0 Å². The Kier molecular flexibility index (Phi) is 7.68. The average molecular weight is 561 g/mol. The Hall–Kier alpha value is -2.72. The number of rotatable bonds is 7. The molecule has 0 aliphatic rings. The first-order valence-electron chi connectivity index (χ1n) is 9.88. The number of nitrogens with zero attached hydrogens (tertiary/aromatic N) is 2. The summed E-state index contributed by atoms with van der Waals surface area (Å²) in [5, 5.41) is 4.17. The SMILES string of the molecule is C/C(=N/NC(=O)c1ccc(N(Cc2ccccc2C)S(C)(=O)=O)cc1)c1ccc(I)cc1. The van der Waals surface area contributed by atoms with E-state index < -0.39 is 10.0 Å². The first-order chi connectivity index (χ1) is 15.1. The zero-order valence-corrected chi connectivity index (χ0v) is 21.0. The number of anilines is 1. The van der Waals surface area contributed by atoms with Crippen molar-refractivity contribution in [1.82, 2.24) is 5.43 Å². The van der Waals surface area contributed by atoms with Gasteiger partial charge in [0.15, 0.2) is 0 Å². The average Bonchev–Trinajstić information content (AvgIpc) is 2.76. The predicted octanol–water partition coefficient (Wildman–Crippen LogP) is 4.72. The second-order valence-electron chi connectivity index (χ2n) is 7.39. The van der Waals surface area contributed by atoms with Gasteiger partial charge in [0.05, 0.1) is 24.2 Å². The van der Waals surface area contributed by atoms with Gasteiger partial charge in [-0.2, -0.15) is 5.10 Å². The van der Waals surface area contributed by atoms with Crippen LogP contribution in [0, 0.1) is 10.5 Å². The third-order valence-electron chi connectivity index (χ3n) is 4.98. The normalized spacial score (nSPS) is 11.8. The molecule has 0 aromatic heterocycles. The van der Waals surface area contributed by atoms with Crippen LogP contribution in [-0.2, 0) is 16.6 Å². The lowest BCUT2D eigenvalue weighted by Crippen LogP contribution is -2.29. The molecule has 0 saturated carbocycles. The topological polar surface area (TPSA) is 78.8 Å². The van der Waals surface area contributed by atoms with Gasteiger partial charge in [0, 0.05) is 9.13 Å². The van der Waals surface area contributed by atoms with Crippen molar-refractivity contribution in [3.63, 3.8) is 0 Å². The molecule has 8 heteroatoms. The molecule has 3 aromatic carbocycles. The van der Waals surface area contributed by atoms with Crippen LogP contribution < -0.4 is 9.73 Å². The number of carbonyl (C=O) groups is 1. The first kappa shape index (κ1) is 23.9. The number of benzene rings is 3. The second-order valence-corrected chi connectivity index (χ2v) is 10.5. The lowest BCUT2D eigenvalue weighted by molar-refractivity contribution is 0.0955. The number of hydrazone groups is 1. The van der Waals surface area contributed by atoms with Crippen molar-refractivity contribution in [2.75, 3.05) is 10.6 Å². The van der Waals surface area contributed by atoms with Gasteiger partial charge < -0.3 is 0 Å². The van der Waals surface area contributed by atoms with E-state index >= 15 is 0 Å². The van der Waals surface area contributed by atoms with Crippen molar-refractivity contribution >= 4 is 49.9 Å². The predicted molar refractivity (Wildman–Crippen MR) is 137 cm³/mol. The number of halogens is 1. The van der Waals surface area contributed by atoms with E-state index in [0.29, 0.717) is 17.0 Å². The van der Waals surface area contributed by atoms with E-state index in [4.69, 9.17) is 0 Å². The summed E-state index contributed by atoms with van der Waals surface area (Å²) in [5.74, 6) is -0.369. The maximum atomic E-state index is 12.5. The number of hydrogen-bond donors (Lipinski definition) is 1. The van der Waals surface area contributed by atoms with Gasteiger partial charge in [-0.05, 0) is 89.5 Å². The molecule has 0 saturated heterocycles. The van der Waals surface area contributed by atoms with Gasteiger partial charge in [-0.3, -0.25) is 9.10 Å². The highest BCUT2D eigenvalue weighted by molar-refractivity contribution is 14.1. The Bertz CT molecular complexity index is 1240. The molecule has 0 aliphatic carbocycles. The van der Waals surface area contributed by atoms with Gasteiger partial charge in [0.25, 0.3) is 5.91 Å². The van der Waals surface area contributed by atoms with Crippen LogP contribution in [0.25, 0.3) is 0 Å². The van der Waals surface area contributed by atoms with E-state index in [1.807, 2.05) is 62.4 Å². The fraction of sp³-hybridized carbons (Fsp3) is 0.167. The lowest BCUT2D eigenvalue weighted by Gasteiger charge is -2.23. The summed E-state index contributed by atoms with van der Waals surface area (Å²) >= 11 is 2.23. The largest absolute Gasteiger partial charge is 0.271 e. The van der Waals surface area contributed by atoms with Gasteiger partial charge in [-0.25, -0.2) is 13.8 Å². The quantitative estimate of drug-likeness (QED) is 0.258. The maximum absolute atomic E-state index is 12.5. The standard InChI is InChI=1S/C24H24IN3O3S/c1-17-6-4-5-7-21(17)16-28(32(3,30)31)23-14-10-20(11-15-23)24(29)27-26-18(2)19-8-12-22(25)13-9-19/h4-15H,16H2,1-3H3,(H,27,29)/b26-18-. The van der Waals surface area contributed by atoms with Crippen LogP contribution in [0.3, 0.4) is 0 Å². The Morgan fingerprint density at radius 2 is 1.56 bits per heavy atom. The monoisotopic (exact) mass is 561 g/mol. The van der Waals surface area contributed by atoms with Crippen molar-refractivity contribution in [2.24, 2.45) is 5.10 Å². The van der Waals surface area contributed by atoms with Crippen LogP contribution in [0.4, 0.5) is 5.69 Å². The molecule has 6 nitrogen and oxygen atoms in total. The Morgan fingerprint density at radius 1 is 0.969 bits per heavy atom. The second kappa shape index (κ2) is 10.3. The molecule has 1 amide bonds. The van der Waals surface area contributed by atoms with Gasteiger partial charge in [-0.1, -0.05) is 36.4 Å². The summed E-state index contributed by atoms with van der Waals surface area (Å²) < 4.78 is 27.3. The molecule has 0 radical (unpaired) electrons. The minimum atomic E-state index is -3.51. The molecule has 3 aromatic rings. The summed E-state index contributed by atoms with van der Waals surface area (Å²) in [6, 6.07) is 21.9.